The molecule has 2 aromatic rings. The minimum absolute atomic E-state index is 0.0525. The largest absolute Gasteiger partial charge is 0.479 e. The molecule has 1 amide bonds. The molecule has 0 radical (unpaired) electrons. The Kier molecular flexibility index (Phi) is 8.32. The number of hydrogen-bond acceptors (Lipinski definition) is 5. The third kappa shape index (κ3) is 8.12. The highest BCUT2D eigenvalue weighted by Gasteiger charge is 2.17. The zero-order valence-corrected chi connectivity index (χ0v) is 15.6. The summed E-state index contributed by atoms with van der Waals surface area (Å²) in [5, 5.41) is 2.58. The van der Waals surface area contributed by atoms with Crippen molar-refractivity contribution in [2.45, 2.75) is 26.1 Å². The van der Waals surface area contributed by atoms with Crippen LogP contribution < -0.4 is 14.8 Å². The summed E-state index contributed by atoms with van der Waals surface area (Å²) in [6.07, 6.45) is -0.513. The maximum atomic E-state index is 12.8. The summed E-state index contributed by atoms with van der Waals surface area (Å²) in [5.41, 5.74) is 0.810. The van der Waals surface area contributed by atoms with Gasteiger partial charge in [0.25, 0.3) is 5.91 Å². The van der Waals surface area contributed by atoms with Crippen molar-refractivity contribution in [2.75, 3.05) is 13.2 Å². The molecule has 0 aromatic heterocycles. The van der Waals surface area contributed by atoms with E-state index < -0.39 is 37.0 Å². The van der Waals surface area contributed by atoms with Crippen LogP contribution >= 0.6 is 0 Å². The van der Waals surface area contributed by atoms with Gasteiger partial charge in [-0.3, -0.25) is 4.79 Å². The van der Waals surface area contributed by atoms with Crippen molar-refractivity contribution in [1.82, 2.24) is 5.32 Å². The van der Waals surface area contributed by atoms with E-state index in [0.29, 0.717) is 12.2 Å². The molecule has 0 saturated carbocycles. The molecule has 0 fully saturated rings. The molecule has 0 aliphatic heterocycles. The van der Waals surface area contributed by atoms with E-state index in [-0.39, 0.29) is 12.3 Å². The molecule has 0 unspecified atom stereocenters. The lowest BCUT2D eigenvalue weighted by Crippen LogP contribution is -2.33. The lowest BCUT2D eigenvalue weighted by atomic mass is 10.1. The molecular formula is C20H20F3NO5. The number of alkyl halides is 2. The summed E-state index contributed by atoms with van der Waals surface area (Å²) < 4.78 is 51.5. The van der Waals surface area contributed by atoms with Crippen LogP contribution in [0.1, 0.15) is 12.5 Å². The molecule has 9 heteroatoms. The summed E-state index contributed by atoms with van der Waals surface area (Å²) in [5.74, 6) is -1.31. The first-order chi connectivity index (χ1) is 13.8. The predicted molar refractivity (Wildman–Crippen MR) is 97.2 cm³/mol. The van der Waals surface area contributed by atoms with E-state index in [4.69, 9.17) is 9.47 Å². The normalized spacial score (nSPS) is 11.6. The fraction of sp³-hybridized carbons (Fsp3) is 0.300. The molecule has 0 bridgehead atoms. The Morgan fingerprint density at radius 3 is 2.17 bits per heavy atom. The molecule has 156 valence electrons. The lowest BCUT2D eigenvalue weighted by molar-refractivity contribution is -0.154. The molecule has 2 rings (SSSR count). The van der Waals surface area contributed by atoms with Crippen molar-refractivity contribution in [3.63, 3.8) is 0 Å². The van der Waals surface area contributed by atoms with Crippen LogP contribution in [0.15, 0.2) is 48.5 Å². The highest BCUT2D eigenvalue weighted by Crippen LogP contribution is 2.15. The van der Waals surface area contributed by atoms with Gasteiger partial charge < -0.3 is 19.5 Å². The van der Waals surface area contributed by atoms with Crippen LogP contribution in [-0.2, 0) is 20.7 Å². The van der Waals surface area contributed by atoms with E-state index in [2.05, 4.69) is 10.1 Å². The van der Waals surface area contributed by atoms with Crippen LogP contribution in [0.3, 0.4) is 0 Å². The third-order valence-corrected chi connectivity index (χ3v) is 3.69. The Hall–Kier alpha value is -3.23. The topological polar surface area (TPSA) is 73.9 Å². The Morgan fingerprint density at radius 2 is 1.55 bits per heavy atom. The summed E-state index contributed by atoms with van der Waals surface area (Å²) in [6, 6.07) is 11.2. The van der Waals surface area contributed by atoms with Gasteiger partial charge in [0.1, 0.15) is 17.3 Å². The number of benzene rings is 2. The summed E-state index contributed by atoms with van der Waals surface area (Å²) in [6.45, 7) is -1.64. The molecule has 29 heavy (non-hydrogen) atoms. The smallest absolute Gasteiger partial charge is 0.387 e. The maximum Gasteiger partial charge on any atom is 0.387 e. The Labute approximate surface area is 165 Å². The molecule has 1 N–H and O–H groups in total. The SMILES string of the molecule is C[C@@H](Oc1ccc(F)cc1)C(=O)OCC(=O)NCCc1ccc(OC(F)F)cc1. The van der Waals surface area contributed by atoms with E-state index in [1.165, 1.54) is 43.3 Å². The zero-order valence-electron chi connectivity index (χ0n) is 15.6. The number of ether oxygens (including phenoxy) is 3. The van der Waals surface area contributed by atoms with Gasteiger partial charge in [0.2, 0.25) is 0 Å². The molecule has 0 aliphatic rings. The minimum Gasteiger partial charge on any atom is -0.479 e. The number of rotatable bonds is 10. The Bertz CT molecular complexity index is 797. The average molecular weight is 411 g/mol. The van der Waals surface area contributed by atoms with Gasteiger partial charge in [0.15, 0.2) is 12.7 Å². The van der Waals surface area contributed by atoms with Gasteiger partial charge >= 0.3 is 12.6 Å². The number of esters is 1. The van der Waals surface area contributed by atoms with E-state index in [1.54, 1.807) is 12.1 Å². The second kappa shape index (κ2) is 10.9. The molecule has 0 aliphatic carbocycles. The number of carbonyl (C=O) groups is 2. The van der Waals surface area contributed by atoms with E-state index in [1.807, 2.05) is 0 Å². The number of hydrogen-bond donors (Lipinski definition) is 1. The van der Waals surface area contributed by atoms with E-state index in [0.717, 1.165) is 5.56 Å². The minimum atomic E-state index is -2.88. The molecule has 0 heterocycles. The first kappa shape index (κ1) is 22.1. The predicted octanol–water partition coefficient (Wildman–Crippen LogP) is 3.10. The molecule has 1 atom stereocenters. The Morgan fingerprint density at radius 1 is 0.966 bits per heavy atom. The van der Waals surface area contributed by atoms with Gasteiger partial charge in [-0.2, -0.15) is 8.78 Å². The van der Waals surface area contributed by atoms with Crippen molar-refractivity contribution >= 4 is 11.9 Å². The van der Waals surface area contributed by atoms with Crippen LogP contribution in [0, 0.1) is 5.82 Å². The first-order valence-electron chi connectivity index (χ1n) is 8.73. The van der Waals surface area contributed by atoms with Crippen molar-refractivity contribution in [3.8, 4) is 11.5 Å². The van der Waals surface area contributed by atoms with Crippen LogP contribution in [0.4, 0.5) is 13.2 Å². The highest BCUT2D eigenvalue weighted by molar-refractivity contribution is 5.81. The number of nitrogens with one attached hydrogen (secondary N) is 1. The van der Waals surface area contributed by atoms with Crippen LogP contribution in [0.5, 0.6) is 11.5 Å². The first-order valence-corrected chi connectivity index (χ1v) is 8.73. The molecule has 0 spiro atoms. The van der Waals surface area contributed by atoms with Crippen molar-refractivity contribution in [2.24, 2.45) is 0 Å². The van der Waals surface area contributed by atoms with E-state index in [9.17, 15) is 22.8 Å². The zero-order chi connectivity index (χ0) is 21.2. The summed E-state index contributed by atoms with van der Waals surface area (Å²) in [7, 11) is 0. The van der Waals surface area contributed by atoms with Crippen LogP contribution in [-0.4, -0.2) is 37.7 Å². The van der Waals surface area contributed by atoms with Gasteiger partial charge in [-0.05, 0) is 55.3 Å². The highest BCUT2D eigenvalue weighted by atomic mass is 19.3. The van der Waals surface area contributed by atoms with Gasteiger partial charge in [-0.15, -0.1) is 0 Å². The van der Waals surface area contributed by atoms with Crippen LogP contribution in [0.25, 0.3) is 0 Å². The molecule has 6 nitrogen and oxygen atoms in total. The Balaban J connectivity index is 1.65. The second-order valence-corrected chi connectivity index (χ2v) is 5.94. The average Bonchev–Trinajstić information content (AvgIpc) is 2.68. The van der Waals surface area contributed by atoms with Crippen molar-refractivity contribution < 1.29 is 37.0 Å². The maximum absolute atomic E-state index is 12.8. The van der Waals surface area contributed by atoms with Crippen LogP contribution in [0.2, 0.25) is 0 Å². The van der Waals surface area contributed by atoms with Gasteiger partial charge in [0, 0.05) is 6.54 Å². The number of halogens is 3. The van der Waals surface area contributed by atoms with Crippen molar-refractivity contribution in [1.29, 1.82) is 0 Å². The molecule has 2 aromatic carbocycles. The number of amides is 1. The van der Waals surface area contributed by atoms with Gasteiger partial charge in [-0.1, -0.05) is 12.1 Å². The summed E-state index contributed by atoms with van der Waals surface area (Å²) in [4.78, 5) is 23.6. The second-order valence-electron chi connectivity index (χ2n) is 5.94. The van der Waals surface area contributed by atoms with Crippen molar-refractivity contribution in [3.05, 3.63) is 59.9 Å². The molecular weight excluding hydrogens is 391 g/mol. The fourth-order valence-electron chi connectivity index (χ4n) is 2.25. The monoisotopic (exact) mass is 411 g/mol. The van der Waals surface area contributed by atoms with E-state index >= 15 is 0 Å². The molecule has 0 saturated heterocycles. The lowest BCUT2D eigenvalue weighted by Gasteiger charge is -2.14. The fourth-order valence-corrected chi connectivity index (χ4v) is 2.25. The third-order valence-electron chi connectivity index (χ3n) is 3.69. The quantitative estimate of drug-likeness (QED) is 0.609. The number of carbonyl (C=O) groups excluding carboxylic acids is 2. The summed E-state index contributed by atoms with van der Waals surface area (Å²) >= 11 is 0. The van der Waals surface area contributed by atoms with Gasteiger partial charge in [-0.25, -0.2) is 9.18 Å². The van der Waals surface area contributed by atoms with Gasteiger partial charge in [0.05, 0.1) is 0 Å². The standard InChI is InChI=1S/C20H20F3NO5/c1-13(28-16-8-4-15(21)5-9-16)19(26)27-12-18(25)24-11-10-14-2-6-17(7-3-14)29-20(22)23/h2-9,13,20H,10-12H2,1H3,(H,24,25)/t13-/m1/s1.